The Morgan fingerprint density at radius 3 is 1.23 bits per heavy atom. The second-order valence-electron chi connectivity index (χ2n) is 8.18. The quantitative estimate of drug-likeness (QED) is 0.340. The van der Waals surface area contributed by atoms with Crippen LogP contribution in [0.3, 0.4) is 0 Å². The van der Waals surface area contributed by atoms with Crippen molar-refractivity contribution in [1.82, 2.24) is 4.90 Å². The molecule has 0 amide bonds. The molecule has 0 N–H and O–H groups in total. The highest BCUT2D eigenvalue weighted by atomic mass is 28.3. The van der Waals surface area contributed by atoms with Crippen molar-refractivity contribution in [2.75, 3.05) is 14.1 Å². The molecule has 0 aromatic heterocycles. The summed E-state index contributed by atoms with van der Waals surface area (Å²) in [7, 11) is 2.00. The van der Waals surface area contributed by atoms with E-state index in [1.807, 2.05) is 0 Å². The van der Waals surface area contributed by atoms with E-state index in [9.17, 15) is 0 Å². The van der Waals surface area contributed by atoms with Gasteiger partial charge in [-0.3, -0.25) is 0 Å². The molecule has 2 heteroatoms. The third kappa shape index (κ3) is 3.65. The molecule has 0 saturated carbocycles. The molecular formula is C28H29NSi. The van der Waals surface area contributed by atoms with Gasteiger partial charge in [-0.15, -0.1) is 0 Å². The van der Waals surface area contributed by atoms with Crippen molar-refractivity contribution >= 4 is 23.6 Å². The number of aryl methyl sites for hydroxylation is 1. The van der Waals surface area contributed by atoms with E-state index in [0.29, 0.717) is 0 Å². The predicted molar refractivity (Wildman–Crippen MR) is 132 cm³/mol. The van der Waals surface area contributed by atoms with E-state index < -0.39 is 8.07 Å². The maximum absolute atomic E-state index is 2.45. The van der Waals surface area contributed by atoms with Crippen LogP contribution in [-0.4, -0.2) is 27.1 Å². The molecular weight excluding hydrogens is 378 g/mol. The van der Waals surface area contributed by atoms with E-state index in [0.717, 1.165) is 0 Å². The molecule has 0 saturated heterocycles. The minimum atomic E-state index is -2.45. The predicted octanol–water partition coefficient (Wildman–Crippen LogP) is 4.31. The van der Waals surface area contributed by atoms with Crippen LogP contribution in [0.2, 0.25) is 0 Å². The lowest BCUT2D eigenvalue weighted by molar-refractivity contribution is 0.375. The van der Waals surface area contributed by atoms with Gasteiger partial charge in [0, 0.05) is 5.67 Å². The van der Waals surface area contributed by atoms with Gasteiger partial charge in [-0.1, -0.05) is 121 Å². The fraction of sp³-hybridized carbons (Fsp3) is 0.143. The van der Waals surface area contributed by atoms with Gasteiger partial charge in [0.1, 0.15) is 0 Å². The van der Waals surface area contributed by atoms with Crippen LogP contribution in [0, 0.1) is 6.92 Å². The molecule has 4 rings (SSSR count). The summed E-state index contributed by atoms with van der Waals surface area (Å²) in [5, 5.41) is 4.30. The van der Waals surface area contributed by atoms with E-state index in [1.54, 1.807) is 0 Å². The first kappa shape index (κ1) is 20.3. The Hall–Kier alpha value is -2.94. The van der Waals surface area contributed by atoms with Crippen molar-refractivity contribution in [3.05, 3.63) is 126 Å². The van der Waals surface area contributed by atoms with Crippen LogP contribution in [0.15, 0.2) is 115 Å². The Balaban J connectivity index is 2.12. The third-order valence-corrected chi connectivity index (χ3v) is 11.4. The Morgan fingerprint density at radius 2 is 0.900 bits per heavy atom. The van der Waals surface area contributed by atoms with Gasteiger partial charge in [0.2, 0.25) is 0 Å². The topological polar surface area (TPSA) is 3.24 Å². The fourth-order valence-corrected chi connectivity index (χ4v) is 10.3. The molecule has 0 aliphatic heterocycles. The first-order chi connectivity index (χ1) is 14.6. The average molecular weight is 408 g/mol. The zero-order valence-electron chi connectivity index (χ0n) is 18.0. The first-order valence-electron chi connectivity index (χ1n) is 10.5. The van der Waals surface area contributed by atoms with Crippen LogP contribution in [-0.2, 0) is 0 Å². The van der Waals surface area contributed by atoms with Crippen molar-refractivity contribution in [2.24, 2.45) is 0 Å². The smallest absolute Gasteiger partial charge is 0.170 e. The molecule has 0 heterocycles. The van der Waals surface area contributed by atoms with Crippen LogP contribution in [0.25, 0.3) is 0 Å². The average Bonchev–Trinajstić information content (AvgIpc) is 2.80. The summed E-state index contributed by atoms with van der Waals surface area (Å²) < 4.78 is 0. The molecule has 0 aliphatic carbocycles. The summed E-state index contributed by atoms with van der Waals surface area (Å²) >= 11 is 0. The van der Waals surface area contributed by atoms with Gasteiger partial charge in [-0.25, -0.2) is 0 Å². The van der Waals surface area contributed by atoms with Gasteiger partial charge in [0.15, 0.2) is 8.07 Å². The van der Waals surface area contributed by atoms with Gasteiger partial charge in [0.05, 0.1) is 0 Å². The van der Waals surface area contributed by atoms with Crippen molar-refractivity contribution in [2.45, 2.75) is 12.6 Å². The second kappa shape index (κ2) is 8.82. The van der Waals surface area contributed by atoms with Gasteiger partial charge < -0.3 is 4.90 Å². The molecule has 4 aromatic carbocycles. The molecule has 0 fully saturated rings. The lowest BCUT2D eigenvalue weighted by Gasteiger charge is -2.44. The van der Waals surface area contributed by atoms with Crippen LogP contribution in [0.5, 0.6) is 0 Å². The van der Waals surface area contributed by atoms with Gasteiger partial charge >= 0.3 is 0 Å². The van der Waals surface area contributed by atoms with Crippen molar-refractivity contribution in [3.63, 3.8) is 0 Å². The van der Waals surface area contributed by atoms with Crippen LogP contribution in [0.1, 0.15) is 16.8 Å². The zero-order chi connectivity index (χ0) is 21.0. The van der Waals surface area contributed by atoms with Gasteiger partial charge in [0.25, 0.3) is 0 Å². The summed E-state index contributed by atoms with van der Waals surface area (Å²) in [6, 6.07) is 42.6. The highest BCUT2D eigenvalue weighted by Crippen LogP contribution is 2.29. The van der Waals surface area contributed by atoms with E-state index in [4.69, 9.17) is 0 Å². The molecule has 1 atom stereocenters. The van der Waals surface area contributed by atoms with E-state index in [-0.39, 0.29) is 5.67 Å². The Kier molecular flexibility index (Phi) is 5.98. The van der Waals surface area contributed by atoms with E-state index >= 15 is 0 Å². The first-order valence-corrected chi connectivity index (χ1v) is 12.6. The monoisotopic (exact) mass is 407 g/mol. The SMILES string of the molecule is Cc1ccc([C@H](N(C)C)[Si](c2ccccc2)(c2ccccc2)c2ccccc2)cc1. The van der Waals surface area contributed by atoms with Crippen LogP contribution < -0.4 is 15.6 Å². The Morgan fingerprint density at radius 1 is 0.533 bits per heavy atom. The number of nitrogens with zero attached hydrogens (tertiary/aromatic N) is 1. The number of hydrogen-bond acceptors (Lipinski definition) is 1. The number of rotatable bonds is 6. The summed E-state index contributed by atoms with van der Waals surface area (Å²) in [6.07, 6.45) is 0. The summed E-state index contributed by atoms with van der Waals surface area (Å²) in [5.74, 6) is 0. The third-order valence-electron chi connectivity index (χ3n) is 6.01. The lowest BCUT2D eigenvalue weighted by Crippen LogP contribution is -2.73. The zero-order valence-corrected chi connectivity index (χ0v) is 19.0. The Bertz CT molecular complexity index is 961. The standard InChI is InChI=1S/C28H29NSi/c1-23-19-21-24(22-20-23)28(29(2)3)30(25-13-7-4-8-14-25,26-15-9-5-10-16-26)27-17-11-6-12-18-27/h4-22,28H,1-3H3/t28-/m1/s1. The largest absolute Gasteiger partial charge is 0.304 e. The molecule has 0 aliphatic rings. The molecule has 4 aromatic rings. The number of benzene rings is 4. The summed E-state index contributed by atoms with van der Waals surface area (Å²) in [4.78, 5) is 2.42. The second-order valence-corrected chi connectivity index (χ2v) is 12.1. The minimum Gasteiger partial charge on any atom is -0.304 e. The molecule has 0 radical (unpaired) electrons. The molecule has 150 valence electrons. The van der Waals surface area contributed by atoms with E-state index in [1.165, 1.54) is 26.7 Å². The molecule has 0 spiro atoms. The summed E-state index contributed by atoms with van der Waals surface area (Å²) in [5.41, 5.74) is 2.92. The highest BCUT2D eigenvalue weighted by Gasteiger charge is 2.48. The minimum absolute atomic E-state index is 0.255. The van der Waals surface area contributed by atoms with Crippen LogP contribution in [0.4, 0.5) is 0 Å². The molecule has 0 bridgehead atoms. The molecule has 30 heavy (non-hydrogen) atoms. The highest BCUT2D eigenvalue weighted by molar-refractivity contribution is 7.12. The van der Waals surface area contributed by atoms with Crippen LogP contribution >= 0.6 is 0 Å². The summed E-state index contributed by atoms with van der Waals surface area (Å²) in [6.45, 7) is 2.16. The van der Waals surface area contributed by atoms with Gasteiger partial charge in [-0.05, 0) is 42.1 Å². The molecule has 0 unspecified atom stereocenters. The van der Waals surface area contributed by atoms with Crippen molar-refractivity contribution < 1.29 is 0 Å². The van der Waals surface area contributed by atoms with E-state index in [2.05, 4.69) is 141 Å². The number of hydrogen-bond donors (Lipinski definition) is 0. The van der Waals surface area contributed by atoms with Crippen molar-refractivity contribution in [3.8, 4) is 0 Å². The normalized spacial score (nSPS) is 12.7. The fourth-order valence-electron chi connectivity index (χ4n) is 4.76. The molecule has 1 nitrogen and oxygen atoms in total. The lowest BCUT2D eigenvalue weighted by atomic mass is 10.1. The maximum Gasteiger partial charge on any atom is 0.170 e. The van der Waals surface area contributed by atoms with Crippen molar-refractivity contribution in [1.29, 1.82) is 0 Å². The van der Waals surface area contributed by atoms with Gasteiger partial charge in [-0.2, -0.15) is 0 Å². The Labute approximate surface area is 181 Å². The maximum atomic E-state index is 2.42.